The van der Waals surface area contributed by atoms with Crippen molar-refractivity contribution in [1.82, 2.24) is 9.97 Å². The van der Waals surface area contributed by atoms with Gasteiger partial charge in [-0.25, -0.2) is 14.4 Å². The van der Waals surface area contributed by atoms with Crippen LogP contribution in [0.5, 0.6) is 0 Å². The maximum absolute atomic E-state index is 13.8. The van der Waals surface area contributed by atoms with Gasteiger partial charge in [0.1, 0.15) is 11.6 Å². The molecule has 1 heterocycles. The molecule has 0 atom stereocenters. The number of hydrogen-bond acceptors (Lipinski definition) is 4. The first-order chi connectivity index (χ1) is 9.38. The van der Waals surface area contributed by atoms with E-state index in [-0.39, 0.29) is 12.0 Å². The number of nitrogens with two attached hydrogens (primary N) is 2. The SMILES string of the molecule is Cc1nc(Cc2cc(I)c(N)cc2F)ncc1C(N)=O. The Hall–Kier alpha value is -1.77. The van der Waals surface area contributed by atoms with Gasteiger partial charge < -0.3 is 11.5 Å². The zero-order valence-electron chi connectivity index (χ0n) is 10.7. The molecular weight excluding hydrogens is 374 g/mol. The minimum atomic E-state index is -0.581. The first kappa shape index (κ1) is 14.6. The zero-order valence-corrected chi connectivity index (χ0v) is 12.8. The van der Waals surface area contributed by atoms with Crippen LogP contribution in [0.1, 0.15) is 27.4 Å². The largest absolute Gasteiger partial charge is 0.398 e. The number of amides is 1. The lowest BCUT2D eigenvalue weighted by atomic mass is 10.1. The minimum Gasteiger partial charge on any atom is -0.398 e. The molecule has 104 valence electrons. The highest BCUT2D eigenvalue weighted by Crippen LogP contribution is 2.21. The molecule has 0 bridgehead atoms. The van der Waals surface area contributed by atoms with E-state index in [2.05, 4.69) is 9.97 Å². The number of rotatable bonds is 3. The molecule has 0 aliphatic carbocycles. The standard InChI is InChI=1S/C13H12FIN4O/c1-6-8(13(17)20)5-18-12(19-6)3-7-2-10(15)11(16)4-9(7)14/h2,4-5H,3,16H2,1H3,(H2,17,20). The molecule has 0 saturated carbocycles. The van der Waals surface area contributed by atoms with Crippen molar-refractivity contribution in [2.45, 2.75) is 13.3 Å². The van der Waals surface area contributed by atoms with Crippen molar-refractivity contribution in [1.29, 1.82) is 0 Å². The Kier molecular flexibility index (Phi) is 4.17. The van der Waals surface area contributed by atoms with Gasteiger partial charge in [-0.2, -0.15) is 0 Å². The summed E-state index contributed by atoms with van der Waals surface area (Å²) in [7, 11) is 0. The predicted molar refractivity (Wildman–Crippen MR) is 81.6 cm³/mol. The summed E-state index contributed by atoms with van der Waals surface area (Å²) in [6.45, 7) is 1.66. The molecule has 1 aromatic heterocycles. The van der Waals surface area contributed by atoms with Gasteiger partial charge in [0.15, 0.2) is 0 Å². The van der Waals surface area contributed by atoms with Crippen molar-refractivity contribution in [3.05, 3.63) is 50.4 Å². The van der Waals surface area contributed by atoms with Crippen molar-refractivity contribution in [2.24, 2.45) is 5.73 Å². The maximum atomic E-state index is 13.8. The summed E-state index contributed by atoms with van der Waals surface area (Å²) in [5.74, 6) is -0.558. The monoisotopic (exact) mass is 386 g/mol. The van der Waals surface area contributed by atoms with E-state index in [1.807, 2.05) is 22.6 Å². The fraction of sp³-hybridized carbons (Fsp3) is 0.154. The van der Waals surface area contributed by atoms with Crippen LogP contribution in [0.4, 0.5) is 10.1 Å². The average Bonchev–Trinajstić information content (AvgIpc) is 2.35. The van der Waals surface area contributed by atoms with Crippen LogP contribution in [0, 0.1) is 16.3 Å². The smallest absolute Gasteiger partial charge is 0.252 e. The summed E-state index contributed by atoms with van der Waals surface area (Å²) in [5.41, 5.74) is 12.4. The summed E-state index contributed by atoms with van der Waals surface area (Å²) in [6, 6.07) is 2.94. The molecule has 1 amide bonds. The van der Waals surface area contributed by atoms with Crippen LogP contribution in [-0.4, -0.2) is 15.9 Å². The van der Waals surface area contributed by atoms with Crippen molar-refractivity contribution < 1.29 is 9.18 Å². The van der Waals surface area contributed by atoms with E-state index in [0.29, 0.717) is 22.8 Å². The van der Waals surface area contributed by atoms with Gasteiger partial charge in [0.2, 0.25) is 0 Å². The zero-order chi connectivity index (χ0) is 14.9. The Balaban J connectivity index is 2.33. The molecule has 4 N–H and O–H groups in total. The molecule has 7 heteroatoms. The number of primary amides is 1. The molecule has 20 heavy (non-hydrogen) atoms. The van der Waals surface area contributed by atoms with E-state index in [1.165, 1.54) is 12.3 Å². The third-order valence-corrected chi connectivity index (χ3v) is 3.74. The van der Waals surface area contributed by atoms with Gasteiger partial charge in [0, 0.05) is 21.9 Å². The third kappa shape index (κ3) is 3.03. The Morgan fingerprint density at radius 3 is 2.75 bits per heavy atom. The van der Waals surface area contributed by atoms with E-state index in [4.69, 9.17) is 11.5 Å². The van der Waals surface area contributed by atoms with E-state index in [1.54, 1.807) is 13.0 Å². The van der Waals surface area contributed by atoms with Crippen molar-refractivity contribution in [2.75, 3.05) is 5.73 Å². The minimum absolute atomic E-state index is 0.224. The van der Waals surface area contributed by atoms with Crippen molar-refractivity contribution >= 4 is 34.2 Å². The second-order valence-corrected chi connectivity index (χ2v) is 5.45. The van der Waals surface area contributed by atoms with Crippen LogP contribution in [0.25, 0.3) is 0 Å². The summed E-state index contributed by atoms with van der Waals surface area (Å²) < 4.78 is 14.6. The van der Waals surface area contributed by atoms with Gasteiger partial charge in [-0.15, -0.1) is 0 Å². The summed E-state index contributed by atoms with van der Waals surface area (Å²) in [6.07, 6.45) is 1.59. The molecule has 5 nitrogen and oxygen atoms in total. The number of carbonyl (C=O) groups excluding carboxylic acids is 1. The van der Waals surface area contributed by atoms with Gasteiger partial charge in [-0.3, -0.25) is 4.79 Å². The molecule has 0 saturated heterocycles. The van der Waals surface area contributed by atoms with Crippen LogP contribution < -0.4 is 11.5 Å². The number of benzene rings is 1. The Bertz CT molecular complexity index is 690. The number of nitrogens with zero attached hydrogens (tertiary/aromatic N) is 2. The highest BCUT2D eigenvalue weighted by atomic mass is 127. The Labute approximate surface area is 128 Å². The van der Waals surface area contributed by atoms with Gasteiger partial charge in [-0.1, -0.05) is 0 Å². The van der Waals surface area contributed by atoms with E-state index >= 15 is 0 Å². The molecule has 0 aliphatic heterocycles. The van der Waals surface area contributed by atoms with Gasteiger partial charge in [0.05, 0.1) is 11.3 Å². The van der Waals surface area contributed by atoms with Crippen LogP contribution in [-0.2, 0) is 6.42 Å². The van der Waals surface area contributed by atoms with Crippen molar-refractivity contribution in [3.63, 3.8) is 0 Å². The van der Waals surface area contributed by atoms with Crippen LogP contribution in [0.3, 0.4) is 0 Å². The fourth-order valence-electron chi connectivity index (χ4n) is 1.75. The number of carbonyl (C=O) groups is 1. The van der Waals surface area contributed by atoms with Gasteiger partial charge in [-0.05, 0) is 47.2 Å². The second-order valence-electron chi connectivity index (χ2n) is 4.29. The first-order valence-corrected chi connectivity index (χ1v) is 6.82. The molecule has 0 radical (unpaired) electrons. The number of aromatic nitrogens is 2. The third-order valence-electron chi connectivity index (χ3n) is 2.81. The van der Waals surface area contributed by atoms with E-state index in [9.17, 15) is 9.18 Å². The van der Waals surface area contributed by atoms with Gasteiger partial charge in [0.25, 0.3) is 5.91 Å². The first-order valence-electron chi connectivity index (χ1n) is 5.74. The second kappa shape index (κ2) is 5.70. The molecule has 1 aromatic carbocycles. The predicted octanol–water partition coefficient (Wildman–Crippen LogP) is 1.80. The lowest BCUT2D eigenvalue weighted by Crippen LogP contribution is -2.15. The highest BCUT2D eigenvalue weighted by molar-refractivity contribution is 14.1. The van der Waals surface area contributed by atoms with Crippen LogP contribution >= 0.6 is 22.6 Å². The Morgan fingerprint density at radius 2 is 2.15 bits per heavy atom. The molecule has 0 unspecified atom stereocenters. The fourth-order valence-corrected chi connectivity index (χ4v) is 2.28. The average molecular weight is 386 g/mol. The number of halogens is 2. The van der Waals surface area contributed by atoms with Crippen molar-refractivity contribution in [3.8, 4) is 0 Å². The molecule has 0 fully saturated rings. The normalized spacial score (nSPS) is 10.6. The topological polar surface area (TPSA) is 94.9 Å². The summed E-state index contributed by atoms with van der Waals surface area (Å²) in [5, 5.41) is 0. The number of nitrogen functional groups attached to an aromatic ring is 1. The van der Waals surface area contributed by atoms with Crippen LogP contribution in [0.15, 0.2) is 18.3 Å². The highest BCUT2D eigenvalue weighted by Gasteiger charge is 2.12. The molecule has 0 spiro atoms. The number of anilines is 1. The molecule has 2 aromatic rings. The molecule has 2 rings (SSSR count). The Morgan fingerprint density at radius 1 is 1.45 bits per heavy atom. The summed E-state index contributed by atoms with van der Waals surface area (Å²) in [4.78, 5) is 19.3. The van der Waals surface area contributed by atoms with Gasteiger partial charge >= 0.3 is 0 Å². The molecule has 0 aliphatic rings. The molecular formula is C13H12FIN4O. The lowest BCUT2D eigenvalue weighted by Gasteiger charge is -2.07. The number of aryl methyl sites for hydroxylation is 1. The number of hydrogen-bond donors (Lipinski definition) is 2. The quantitative estimate of drug-likeness (QED) is 0.621. The summed E-state index contributed by atoms with van der Waals surface area (Å²) >= 11 is 2.04. The van der Waals surface area contributed by atoms with Crippen LogP contribution in [0.2, 0.25) is 0 Å². The van der Waals surface area contributed by atoms with E-state index < -0.39 is 11.7 Å². The van der Waals surface area contributed by atoms with E-state index in [0.717, 1.165) is 3.57 Å². The lowest BCUT2D eigenvalue weighted by molar-refractivity contribution is 0.0999. The maximum Gasteiger partial charge on any atom is 0.252 e.